The lowest BCUT2D eigenvalue weighted by molar-refractivity contribution is 0.443. The van der Waals surface area contributed by atoms with Crippen LogP contribution in [0, 0.1) is 0 Å². The largest absolute Gasteiger partial charge is 0.456 e. The summed E-state index contributed by atoms with van der Waals surface area (Å²) in [5.74, 6) is 0.932. The molecule has 9 rings (SSSR count). The van der Waals surface area contributed by atoms with E-state index in [0.29, 0.717) is 5.92 Å². The summed E-state index contributed by atoms with van der Waals surface area (Å²) in [5, 5.41) is 2.27. The molecule has 0 aliphatic heterocycles. The van der Waals surface area contributed by atoms with Gasteiger partial charge >= 0.3 is 0 Å². The van der Waals surface area contributed by atoms with Gasteiger partial charge in [0.05, 0.1) is 0 Å². The van der Waals surface area contributed by atoms with E-state index in [-0.39, 0.29) is 5.92 Å². The van der Waals surface area contributed by atoms with Crippen molar-refractivity contribution < 1.29 is 4.42 Å². The zero-order valence-corrected chi connectivity index (χ0v) is 30.2. The maximum Gasteiger partial charge on any atom is 0.137 e. The molecule has 1 aliphatic carbocycles. The smallest absolute Gasteiger partial charge is 0.137 e. The molecule has 1 saturated carbocycles. The van der Waals surface area contributed by atoms with Gasteiger partial charge in [-0.2, -0.15) is 0 Å². The normalized spacial score (nSPS) is 14.0. The average Bonchev–Trinajstić information content (AvgIpc) is 3.61. The Bertz CT molecular complexity index is 2430. The van der Waals surface area contributed by atoms with Crippen LogP contribution in [0.15, 0.2) is 180 Å². The van der Waals surface area contributed by atoms with E-state index in [1.807, 2.05) is 12.1 Å². The Balaban J connectivity index is 0.987. The lowest BCUT2D eigenvalue weighted by Gasteiger charge is -2.27. The van der Waals surface area contributed by atoms with Crippen molar-refractivity contribution in [3.05, 3.63) is 193 Å². The standard InChI is InChI=1S/C50H44N2O/c1-36(37-21-27-43(28-22-37)51(41-15-7-3-8-16-41)44-31-25-40(26-32-44)39-13-5-2-6-14-39)38-23-29-45(30-24-38)52(42-17-9-4-10-18-42)46-33-34-48-47-19-11-12-20-49(47)53-50(48)35-46/h3-4,7-12,15-36,39H,2,5-6,13-14H2,1H3. The first kappa shape index (κ1) is 32.8. The highest BCUT2D eigenvalue weighted by Gasteiger charge is 2.19. The molecule has 3 nitrogen and oxygen atoms in total. The fourth-order valence-corrected chi connectivity index (χ4v) is 8.25. The summed E-state index contributed by atoms with van der Waals surface area (Å²) in [6.45, 7) is 2.30. The maximum absolute atomic E-state index is 6.29. The molecule has 1 aliphatic rings. The maximum atomic E-state index is 6.29. The van der Waals surface area contributed by atoms with E-state index in [1.165, 1.54) is 54.5 Å². The highest BCUT2D eigenvalue weighted by Crippen LogP contribution is 2.41. The molecule has 0 amide bonds. The molecule has 260 valence electrons. The summed E-state index contributed by atoms with van der Waals surface area (Å²) >= 11 is 0. The van der Waals surface area contributed by atoms with Gasteiger partial charge in [0, 0.05) is 56.9 Å². The summed E-state index contributed by atoms with van der Waals surface area (Å²) in [7, 11) is 0. The number of fused-ring (bicyclic) bond motifs is 3. The van der Waals surface area contributed by atoms with Crippen LogP contribution in [0.2, 0.25) is 0 Å². The number of nitrogens with zero attached hydrogens (tertiary/aromatic N) is 2. The quantitative estimate of drug-likeness (QED) is 0.150. The van der Waals surface area contributed by atoms with Gasteiger partial charge in [0.1, 0.15) is 11.2 Å². The Kier molecular flexibility index (Phi) is 8.99. The number of benzene rings is 7. The van der Waals surface area contributed by atoms with Crippen molar-refractivity contribution >= 4 is 56.1 Å². The summed E-state index contributed by atoms with van der Waals surface area (Å²) in [4.78, 5) is 4.67. The van der Waals surface area contributed by atoms with Crippen molar-refractivity contribution in [2.45, 2.75) is 50.9 Å². The van der Waals surface area contributed by atoms with Crippen molar-refractivity contribution in [3.8, 4) is 0 Å². The second kappa shape index (κ2) is 14.5. The predicted molar refractivity (Wildman–Crippen MR) is 223 cm³/mol. The first-order valence-electron chi connectivity index (χ1n) is 19.1. The van der Waals surface area contributed by atoms with Gasteiger partial charge in [0.2, 0.25) is 0 Å². The summed E-state index contributed by atoms with van der Waals surface area (Å²) in [6, 6.07) is 63.5. The van der Waals surface area contributed by atoms with E-state index in [2.05, 4.69) is 181 Å². The van der Waals surface area contributed by atoms with Gasteiger partial charge in [-0.1, -0.05) is 117 Å². The van der Waals surface area contributed by atoms with Crippen LogP contribution >= 0.6 is 0 Å². The Hall–Kier alpha value is -6.06. The van der Waals surface area contributed by atoms with E-state index in [1.54, 1.807) is 0 Å². The summed E-state index contributed by atoms with van der Waals surface area (Å²) in [5.41, 5.74) is 12.6. The first-order valence-corrected chi connectivity index (χ1v) is 19.1. The second-order valence-corrected chi connectivity index (χ2v) is 14.5. The van der Waals surface area contributed by atoms with Crippen LogP contribution in [-0.4, -0.2) is 0 Å². The number of anilines is 6. The van der Waals surface area contributed by atoms with Gasteiger partial charge in [-0.05, 0) is 114 Å². The molecule has 7 aromatic carbocycles. The highest BCUT2D eigenvalue weighted by atomic mass is 16.3. The third kappa shape index (κ3) is 6.60. The van der Waals surface area contributed by atoms with Gasteiger partial charge in [0.15, 0.2) is 0 Å². The van der Waals surface area contributed by atoms with E-state index in [9.17, 15) is 0 Å². The molecular formula is C50H44N2O. The monoisotopic (exact) mass is 688 g/mol. The van der Waals surface area contributed by atoms with E-state index < -0.39 is 0 Å². The zero-order chi connectivity index (χ0) is 35.6. The molecule has 0 radical (unpaired) electrons. The van der Waals surface area contributed by atoms with Crippen molar-refractivity contribution in [2.75, 3.05) is 9.80 Å². The van der Waals surface area contributed by atoms with Crippen LogP contribution in [0.4, 0.5) is 34.1 Å². The Labute approximate surface area is 312 Å². The number of hydrogen-bond acceptors (Lipinski definition) is 3. The number of rotatable bonds is 9. The van der Waals surface area contributed by atoms with Crippen LogP contribution in [0.5, 0.6) is 0 Å². The molecule has 0 spiro atoms. The Morgan fingerprint density at radius 1 is 0.434 bits per heavy atom. The molecular weight excluding hydrogens is 645 g/mol. The van der Waals surface area contributed by atoms with Crippen molar-refractivity contribution in [3.63, 3.8) is 0 Å². The third-order valence-electron chi connectivity index (χ3n) is 11.2. The Morgan fingerprint density at radius 3 is 1.47 bits per heavy atom. The lowest BCUT2D eigenvalue weighted by Crippen LogP contribution is -2.11. The molecule has 1 fully saturated rings. The zero-order valence-electron chi connectivity index (χ0n) is 30.2. The number of furan rings is 1. The van der Waals surface area contributed by atoms with Crippen molar-refractivity contribution in [1.82, 2.24) is 0 Å². The molecule has 0 bridgehead atoms. The fourth-order valence-electron chi connectivity index (χ4n) is 8.25. The third-order valence-corrected chi connectivity index (χ3v) is 11.2. The molecule has 53 heavy (non-hydrogen) atoms. The van der Waals surface area contributed by atoms with Crippen LogP contribution in [-0.2, 0) is 0 Å². The minimum atomic E-state index is 0.232. The van der Waals surface area contributed by atoms with Crippen LogP contribution < -0.4 is 9.80 Å². The van der Waals surface area contributed by atoms with E-state index in [4.69, 9.17) is 4.42 Å². The summed E-state index contributed by atoms with van der Waals surface area (Å²) < 4.78 is 6.29. The minimum Gasteiger partial charge on any atom is -0.456 e. The lowest BCUT2D eigenvalue weighted by atomic mass is 9.84. The van der Waals surface area contributed by atoms with Crippen LogP contribution in [0.25, 0.3) is 21.9 Å². The molecule has 1 atom stereocenters. The number of hydrogen-bond donors (Lipinski definition) is 0. The molecule has 1 heterocycles. The average molecular weight is 689 g/mol. The van der Waals surface area contributed by atoms with Gasteiger partial charge in [-0.15, -0.1) is 0 Å². The topological polar surface area (TPSA) is 19.6 Å². The van der Waals surface area contributed by atoms with Gasteiger partial charge in [-0.25, -0.2) is 0 Å². The molecule has 0 saturated heterocycles. The molecule has 8 aromatic rings. The Morgan fingerprint density at radius 2 is 0.887 bits per heavy atom. The van der Waals surface area contributed by atoms with Crippen LogP contribution in [0.1, 0.15) is 67.6 Å². The minimum absolute atomic E-state index is 0.232. The van der Waals surface area contributed by atoms with Gasteiger partial charge in [0.25, 0.3) is 0 Å². The summed E-state index contributed by atoms with van der Waals surface area (Å²) in [6.07, 6.45) is 6.71. The first-order chi connectivity index (χ1) is 26.2. The van der Waals surface area contributed by atoms with E-state index >= 15 is 0 Å². The van der Waals surface area contributed by atoms with Gasteiger partial charge < -0.3 is 14.2 Å². The highest BCUT2D eigenvalue weighted by molar-refractivity contribution is 6.06. The van der Waals surface area contributed by atoms with Crippen molar-refractivity contribution in [2.24, 2.45) is 0 Å². The van der Waals surface area contributed by atoms with E-state index in [0.717, 1.165) is 50.4 Å². The second-order valence-electron chi connectivity index (χ2n) is 14.5. The molecule has 3 heteroatoms. The number of para-hydroxylation sites is 3. The van der Waals surface area contributed by atoms with Gasteiger partial charge in [-0.3, -0.25) is 0 Å². The molecule has 1 aromatic heterocycles. The van der Waals surface area contributed by atoms with Crippen molar-refractivity contribution in [1.29, 1.82) is 0 Å². The SMILES string of the molecule is CC(c1ccc(N(c2ccccc2)c2ccc(C3CCCCC3)cc2)cc1)c1ccc(N(c2ccccc2)c2ccc3c(c2)oc2ccccc23)cc1. The molecule has 1 unspecified atom stereocenters. The molecule has 0 N–H and O–H groups in total. The fraction of sp³-hybridized carbons (Fsp3) is 0.160. The van der Waals surface area contributed by atoms with Crippen LogP contribution in [0.3, 0.4) is 0 Å². The predicted octanol–water partition coefficient (Wildman–Crippen LogP) is 14.7.